The molecule has 4 rings (SSSR count). The maximum Gasteiger partial charge on any atom is 0.263 e. The molecule has 2 aromatic heterocycles. The zero-order valence-electron chi connectivity index (χ0n) is 13.7. The fourth-order valence-corrected chi connectivity index (χ4v) is 5.59. The zero-order valence-corrected chi connectivity index (χ0v) is 15.4. The number of thioether (sulfide) groups is 1. The van der Waals surface area contributed by atoms with Gasteiger partial charge in [0.25, 0.3) is 5.56 Å². The highest BCUT2D eigenvalue weighted by Crippen LogP contribution is 2.35. The van der Waals surface area contributed by atoms with Crippen LogP contribution >= 0.6 is 23.1 Å². The van der Waals surface area contributed by atoms with Crippen molar-refractivity contribution in [1.29, 1.82) is 0 Å². The summed E-state index contributed by atoms with van der Waals surface area (Å²) in [6, 6.07) is 10.4. The Morgan fingerprint density at radius 2 is 2.08 bits per heavy atom. The van der Waals surface area contributed by atoms with Crippen molar-refractivity contribution in [3.8, 4) is 0 Å². The van der Waals surface area contributed by atoms with Crippen LogP contribution in [0.3, 0.4) is 0 Å². The predicted molar refractivity (Wildman–Crippen MR) is 102 cm³/mol. The lowest BCUT2D eigenvalue weighted by molar-refractivity contribution is 0.585. The molecule has 0 atom stereocenters. The van der Waals surface area contributed by atoms with Gasteiger partial charge in [0.05, 0.1) is 5.39 Å². The van der Waals surface area contributed by atoms with Gasteiger partial charge < -0.3 is 0 Å². The van der Waals surface area contributed by atoms with Crippen LogP contribution in [0, 0.1) is 0 Å². The Morgan fingerprint density at radius 3 is 2.88 bits per heavy atom. The average molecular weight is 357 g/mol. The van der Waals surface area contributed by atoms with Gasteiger partial charge >= 0.3 is 0 Å². The van der Waals surface area contributed by atoms with Crippen LogP contribution in [0.2, 0.25) is 0 Å². The number of benzene rings is 1. The van der Waals surface area contributed by atoms with Crippen molar-refractivity contribution in [3.05, 3.63) is 56.7 Å². The fraction of sp³-hybridized carbons (Fsp3) is 0.368. The third-order valence-corrected chi connectivity index (χ3v) is 6.68. The Balaban J connectivity index is 1.76. The second-order valence-corrected chi connectivity index (χ2v) is 8.19. The molecular formula is C19H20N2OS2. The van der Waals surface area contributed by atoms with Crippen LogP contribution in [0.1, 0.15) is 35.8 Å². The number of hydrogen-bond acceptors (Lipinski definition) is 4. The van der Waals surface area contributed by atoms with Crippen LogP contribution in [-0.2, 0) is 25.1 Å². The highest BCUT2D eigenvalue weighted by atomic mass is 32.2. The summed E-state index contributed by atoms with van der Waals surface area (Å²) >= 11 is 3.39. The monoisotopic (exact) mass is 356 g/mol. The number of thiophene rings is 1. The lowest BCUT2D eigenvalue weighted by atomic mass is 10.2. The van der Waals surface area contributed by atoms with Crippen molar-refractivity contribution < 1.29 is 0 Å². The first-order chi connectivity index (χ1) is 11.8. The Morgan fingerprint density at radius 1 is 1.25 bits per heavy atom. The van der Waals surface area contributed by atoms with E-state index in [4.69, 9.17) is 4.98 Å². The van der Waals surface area contributed by atoms with Gasteiger partial charge in [-0.2, -0.15) is 0 Å². The molecule has 0 bridgehead atoms. The molecule has 3 aromatic rings. The summed E-state index contributed by atoms with van der Waals surface area (Å²) in [4.78, 5) is 20.3. The standard InChI is InChI=1S/C19H20N2OS2/c1-2-11-21-18(22)16-14-9-6-10-15(14)24-17(16)20-19(21)23-12-13-7-4-3-5-8-13/h3-5,7-8H,2,6,9-12H2,1H3. The molecule has 5 heteroatoms. The van der Waals surface area contributed by atoms with E-state index in [0.29, 0.717) is 0 Å². The fourth-order valence-electron chi connectivity index (χ4n) is 3.31. The highest BCUT2D eigenvalue weighted by Gasteiger charge is 2.23. The smallest absolute Gasteiger partial charge is 0.263 e. The van der Waals surface area contributed by atoms with E-state index < -0.39 is 0 Å². The molecule has 0 spiro atoms. The molecule has 0 radical (unpaired) electrons. The molecule has 124 valence electrons. The average Bonchev–Trinajstić information content (AvgIpc) is 3.17. The minimum Gasteiger partial charge on any atom is -0.287 e. The summed E-state index contributed by atoms with van der Waals surface area (Å²) in [7, 11) is 0. The lowest BCUT2D eigenvalue weighted by Crippen LogP contribution is -2.23. The van der Waals surface area contributed by atoms with Gasteiger partial charge in [-0.15, -0.1) is 11.3 Å². The highest BCUT2D eigenvalue weighted by molar-refractivity contribution is 7.98. The van der Waals surface area contributed by atoms with Gasteiger partial charge in [-0.25, -0.2) is 4.98 Å². The number of aromatic nitrogens is 2. The van der Waals surface area contributed by atoms with Crippen LogP contribution in [0.5, 0.6) is 0 Å². The first kappa shape index (κ1) is 15.9. The summed E-state index contributed by atoms with van der Waals surface area (Å²) in [6.45, 7) is 2.85. The van der Waals surface area contributed by atoms with Crippen LogP contribution in [0.15, 0.2) is 40.3 Å². The van der Waals surface area contributed by atoms with Crippen LogP contribution < -0.4 is 5.56 Å². The Kier molecular flexibility index (Phi) is 4.46. The molecule has 3 nitrogen and oxygen atoms in total. The van der Waals surface area contributed by atoms with Gasteiger partial charge in [-0.05, 0) is 36.8 Å². The quantitative estimate of drug-likeness (QED) is 0.493. The van der Waals surface area contributed by atoms with Gasteiger partial charge in [0.2, 0.25) is 0 Å². The van der Waals surface area contributed by atoms with Gasteiger partial charge in [-0.3, -0.25) is 9.36 Å². The molecule has 2 heterocycles. The summed E-state index contributed by atoms with van der Waals surface area (Å²) in [6.07, 6.45) is 4.26. The topological polar surface area (TPSA) is 34.9 Å². The Bertz CT molecular complexity index is 928. The molecule has 0 unspecified atom stereocenters. The van der Waals surface area contributed by atoms with Gasteiger partial charge in [0.15, 0.2) is 5.16 Å². The normalized spacial score (nSPS) is 13.5. The molecule has 1 aliphatic rings. The largest absolute Gasteiger partial charge is 0.287 e. The van der Waals surface area contributed by atoms with Gasteiger partial charge in [-0.1, -0.05) is 49.0 Å². The number of aryl methyl sites for hydroxylation is 2. The Hall–Kier alpha value is -1.59. The SMILES string of the molecule is CCCn1c(SCc2ccccc2)nc2sc3c(c2c1=O)CCC3. The van der Waals surface area contributed by atoms with Gasteiger partial charge in [0, 0.05) is 17.2 Å². The van der Waals surface area contributed by atoms with E-state index in [2.05, 4.69) is 31.2 Å². The maximum absolute atomic E-state index is 13.1. The number of nitrogens with zero attached hydrogens (tertiary/aromatic N) is 2. The molecule has 0 saturated heterocycles. The number of rotatable bonds is 5. The van der Waals surface area contributed by atoms with E-state index in [1.165, 1.54) is 22.4 Å². The van der Waals surface area contributed by atoms with Crippen LogP contribution in [-0.4, -0.2) is 9.55 Å². The number of hydrogen-bond donors (Lipinski definition) is 0. The summed E-state index contributed by atoms with van der Waals surface area (Å²) in [5.41, 5.74) is 2.70. The third-order valence-electron chi connectivity index (χ3n) is 4.45. The first-order valence-corrected chi connectivity index (χ1v) is 10.3. The molecule has 0 aliphatic heterocycles. The lowest BCUT2D eigenvalue weighted by Gasteiger charge is -2.11. The van der Waals surface area contributed by atoms with E-state index >= 15 is 0 Å². The summed E-state index contributed by atoms with van der Waals surface area (Å²) in [5, 5.41) is 1.75. The minimum atomic E-state index is 0.164. The maximum atomic E-state index is 13.1. The molecular weight excluding hydrogens is 336 g/mol. The summed E-state index contributed by atoms with van der Waals surface area (Å²) in [5.74, 6) is 0.841. The van der Waals surface area contributed by atoms with E-state index in [1.807, 2.05) is 10.6 Å². The van der Waals surface area contributed by atoms with Crippen molar-refractivity contribution in [3.63, 3.8) is 0 Å². The second kappa shape index (κ2) is 6.73. The van der Waals surface area contributed by atoms with Crippen molar-refractivity contribution in [2.75, 3.05) is 0 Å². The summed E-state index contributed by atoms with van der Waals surface area (Å²) < 4.78 is 1.89. The first-order valence-electron chi connectivity index (χ1n) is 8.49. The van der Waals surface area contributed by atoms with Gasteiger partial charge in [0.1, 0.15) is 4.83 Å². The molecule has 0 fully saturated rings. The van der Waals surface area contributed by atoms with Crippen LogP contribution in [0.4, 0.5) is 0 Å². The van der Waals surface area contributed by atoms with E-state index in [9.17, 15) is 4.79 Å². The van der Waals surface area contributed by atoms with E-state index in [0.717, 1.165) is 46.9 Å². The minimum absolute atomic E-state index is 0.164. The second-order valence-electron chi connectivity index (χ2n) is 6.16. The van der Waals surface area contributed by atoms with Crippen LogP contribution in [0.25, 0.3) is 10.2 Å². The van der Waals surface area contributed by atoms with Crippen molar-refractivity contribution in [2.24, 2.45) is 0 Å². The molecule has 0 saturated carbocycles. The van der Waals surface area contributed by atoms with E-state index in [1.54, 1.807) is 23.1 Å². The third kappa shape index (κ3) is 2.80. The van der Waals surface area contributed by atoms with Crippen molar-refractivity contribution in [2.45, 2.75) is 50.1 Å². The number of fused-ring (bicyclic) bond motifs is 3. The predicted octanol–water partition coefficient (Wildman–Crippen LogP) is 4.65. The molecule has 24 heavy (non-hydrogen) atoms. The molecule has 1 aliphatic carbocycles. The van der Waals surface area contributed by atoms with E-state index in [-0.39, 0.29) is 5.56 Å². The Labute approximate surface area is 149 Å². The molecule has 0 N–H and O–H groups in total. The van der Waals surface area contributed by atoms with Crippen molar-refractivity contribution >= 4 is 33.3 Å². The molecule has 1 aromatic carbocycles. The van der Waals surface area contributed by atoms with Crippen molar-refractivity contribution in [1.82, 2.24) is 9.55 Å². The zero-order chi connectivity index (χ0) is 16.5. The molecule has 0 amide bonds.